The number of carboxylic acids is 1. The Bertz CT molecular complexity index is 809. The lowest BCUT2D eigenvalue weighted by molar-refractivity contribution is -0.139. The molecular formula is C17H15BrN2O5. The number of rotatable bonds is 6. The fourth-order valence-corrected chi connectivity index (χ4v) is 2.51. The highest BCUT2D eigenvalue weighted by Gasteiger charge is 2.22. The third kappa shape index (κ3) is 5.39. The number of nitrogens with zero attached hydrogens (tertiary/aromatic N) is 1. The van der Waals surface area contributed by atoms with Crippen molar-refractivity contribution in [3.05, 3.63) is 58.3 Å². The quantitative estimate of drug-likeness (QED) is 0.432. The van der Waals surface area contributed by atoms with Gasteiger partial charge in [0.25, 0.3) is 5.91 Å². The van der Waals surface area contributed by atoms with Crippen LogP contribution < -0.4 is 10.1 Å². The van der Waals surface area contributed by atoms with Gasteiger partial charge >= 0.3 is 11.9 Å². The number of halogens is 1. The molecule has 130 valence electrons. The average molecular weight is 407 g/mol. The van der Waals surface area contributed by atoms with Gasteiger partial charge in [0.15, 0.2) is 0 Å². The molecule has 0 saturated heterocycles. The molecule has 1 amide bonds. The standard InChI is InChI=1S/C17H15BrN2O5/c1-10(21)25-13-6-2-4-12(8-13)16(22)20-14(17(23)24)9-11-5-3-7-19-15(11)18/h2-8,14H,9H2,1H3,(H,20,22)(H,23,24)/t14-/m1/s1. The molecule has 7 nitrogen and oxygen atoms in total. The van der Waals surface area contributed by atoms with E-state index in [0.717, 1.165) is 0 Å². The number of carbonyl (C=O) groups is 3. The zero-order valence-corrected chi connectivity index (χ0v) is 14.8. The average Bonchev–Trinajstić information content (AvgIpc) is 2.55. The first-order valence-electron chi connectivity index (χ1n) is 7.28. The van der Waals surface area contributed by atoms with Crippen molar-refractivity contribution in [2.75, 3.05) is 0 Å². The van der Waals surface area contributed by atoms with Gasteiger partial charge in [0.05, 0.1) is 0 Å². The Morgan fingerprint density at radius 2 is 2.04 bits per heavy atom. The lowest BCUT2D eigenvalue weighted by Crippen LogP contribution is -2.42. The number of amides is 1. The summed E-state index contributed by atoms with van der Waals surface area (Å²) in [5.74, 6) is -2.05. The first-order valence-corrected chi connectivity index (χ1v) is 8.07. The highest BCUT2D eigenvalue weighted by Crippen LogP contribution is 2.16. The predicted molar refractivity (Wildman–Crippen MR) is 92.3 cm³/mol. The molecule has 1 heterocycles. The highest BCUT2D eigenvalue weighted by molar-refractivity contribution is 9.10. The number of carboxylic acid groups (broad SMARTS) is 1. The van der Waals surface area contributed by atoms with E-state index < -0.39 is 23.9 Å². The minimum atomic E-state index is -1.17. The van der Waals surface area contributed by atoms with Crippen LogP contribution in [0.15, 0.2) is 47.2 Å². The molecule has 1 aromatic heterocycles. The maximum atomic E-state index is 12.3. The third-order valence-electron chi connectivity index (χ3n) is 3.22. The van der Waals surface area contributed by atoms with Gasteiger partial charge in [-0.15, -0.1) is 0 Å². The van der Waals surface area contributed by atoms with Gasteiger partial charge in [-0.3, -0.25) is 9.59 Å². The number of benzene rings is 1. The van der Waals surface area contributed by atoms with Gasteiger partial charge in [0, 0.05) is 25.1 Å². The van der Waals surface area contributed by atoms with Crippen molar-refractivity contribution in [3.63, 3.8) is 0 Å². The van der Waals surface area contributed by atoms with Gasteiger partial charge in [-0.2, -0.15) is 0 Å². The summed E-state index contributed by atoms with van der Waals surface area (Å²) in [6.07, 6.45) is 1.64. The topological polar surface area (TPSA) is 106 Å². The minimum absolute atomic E-state index is 0.0686. The van der Waals surface area contributed by atoms with Crippen molar-refractivity contribution >= 4 is 33.8 Å². The molecule has 0 spiro atoms. The fraction of sp³-hybridized carbons (Fsp3) is 0.176. The second-order valence-electron chi connectivity index (χ2n) is 5.14. The smallest absolute Gasteiger partial charge is 0.326 e. The Labute approximate surface area is 152 Å². The molecule has 0 bridgehead atoms. The number of pyridine rings is 1. The number of carbonyl (C=O) groups excluding carboxylic acids is 2. The monoisotopic (exact) mass is 406 g/mol. The lowest BCUT2D eigenvalue weighted by Gasteiger charge is -2.15. The van der Waals surface area contributed by atoms with Crippen LogP contribution in [0.25, 0.3) is 0 Å². The van der Waals surface area contributed by atoms with Crippen LogP contribution in [0.2, 0.25) is 0 Å². The molecular weight excluding hydrogens is 392 g/mol. The van der Waals surface area contributed by atoms with Crippen LogP contribution in [0.3, 0.4) is 0 Å². The van der Waals surface area contributed by atoms with Crippen LogP contribution in [0.4, 0.5) is 0 Å². The van der Waals surface area contributed by atoms with Crippen LogP contribution in [0, 0.1) is 0 Å². The van der Waals surface area contributed by atoms with E-state index in [9.17, 15) is 19.5 Å². The number of esters is 1. The molecule has 1 aromatic carbocycles. The summed E-state index contributed by atoms with van der Waals surface area (Å²) in [6.45, 7) is 1.25. The molecule has 2 N–H and O–H groups in total. The molecule has 1 atom stereocenters. The van der Waals surface area contributed by atoms with E-state index in [4.69, 9.17) is 4.74 Å². The zero-order chi connectivity index (χ0) is 18.4. The number of nitrogens with one attached hydrogen (secondary N) is 1. The molecule has 0 saturated carbocycles. The van der Waals surface area contributed by atoms with Crippen molar-refractivity contribution in [3.8, 4) is 5.75 Å². The number of aliphatic carboxylic acids is 1. The summed E-state index contributed by atoms with van der Waals surface area (Å²) in [7, 11) is 0. The number of ether oxygens (including phenoxy) is 1. The van der Waals surface area contributed by atoms with E-state index in [2.05, 4.69) is 26.2 Å². The van der Waals surface area contributed by atoms with Crippen molar-refractivity contribution in [2.24, 2.45) is 0 Å². The Hall–Kier alpha value is -2.74. The van der Waals surface area contributed by atoms with Gasteiger partial charge in [-0.25, -0.2) is 9.78 Å². The van der Waals surface area contributed by atoms with Crippen LogP contribution in [-0.2, 0) is 16.0 Å². The number of hydrogen-bond acceptors (Lipinski definition) is 5. The Morgan fingerprint density at radius 1 is 1.28 bits per heavy atom. The van der Waals surface area contributed by atoms with Crippen LogP contribution in [0.1, 0.15) is 22.8 Å². The summed E-state index contributed by atoms with van der Waals surface area (Å²) < 4.78 is 5.44. The van der Waals surface area contributed by atoms with E-state index in [-0.39, 0.29) is 17.7 Å². The van der Waals surface area contributed by atoms with Crippen molar-refractivity contribution in [2.45, 2.75) is 19.4 Å². The first kappa shape index (κ1) is 18.6. The molecule has 8 heteroatoms. The predicted octanol–water partition coefficient (Wildman–Crippen LogP) is 2.20. The largest absolute Gasteiger partial charge is 0.480 e. The van der Waals surface area contributed by atoms with Crippen LogP contribution in [-0.4, -0.2) is 34.0 Å². The molecule has 2 aromatic rings. The summed E-state index contributed by atoms with van der Waals surface area (Å²) in [5.41, 5.74) is 0.846. The van der Waals surface area contributed by atoms with Gasteiger partial charge in [0.1, 0.15) is 16.4 Å². The summed E-state index contributed by atoms with van der Waals surface area (Å²) in [4.78, 5) is 38.8. The molecule has 0 aliphatic rings. The van der Waals surface area contributed by atoms with Gasteiger partial charge in [-0.1, -0.05) is 12.1 Å². The molecule has 0 aliphatic heterocycles. The van der Waals surface area contributed by atoms with Crippen LogP contribution >= 0.6 is 15.9 Å². The van der Waals surface area contributed by atoms with E-state index in [0.29, 0.717) is 10.2 Å². The van der Waals surface area contributed by atoms with E-state index in [1.54, 1.807) is 24.4 Å². The molecule has 0 fully saturated rings. The molecule has 0 unspecified atom stereocenters. The Morgan fingerprint density at radius 3 is 2.68 bits per heavy atom. The normalized spacial score (nSPS) is 11.4. The molecule has 0 aliphatic carbocycles. The lowest BCUT2D eigenvalue weighted by atomic mass is 10.1. The third-order valence-corrected chi connectivity index (χ3v) is 3.94. The molecule has 2 rings (SSSR count). The van der Waals surface area contributed by atoms with Crippen molar-refractivity contribution in [1.82, 2.24) is 10.3 Å². The zero-order valence-electron chi connectivity index (χ0n) is 13.2. The summed E-state index contributed by atoms with van der Waals surface area (Å²) >= 11 is 3.25. The second kappa shape index (κ2) is 8.39. The van der Waals surface area contributed by atoms with Gasteiger partial charge in [0.2, 0.25) is 0 Å². The number of hydrogen-bond donors (Lipinski definition) is 2. The van der Waals surface area contributed by atoms with Gasteiger partial charge in [-0.05, 0) is 45.8 Å². The number of aromatic nitrogens is 1. The van der Waals surface area contributed by atoms with E-state index in [1.165, 1.54) is 25.1 Å². The SMILES string of the molecule is CC(=O)Oc1cccc(C(=O)N[C@H](Cc2cccnc2Br)C(=O)O)c1. The van der Waals surface area contributed by atoms with Crippen molar-refractivity contribution in [1.29, 1.82) is 0 Å². The van der Waals surface area contributed by atoms with Crippen LogP contribution in [0.5, 0.6) is 5.75 Å². The van der Waals surface area contributed by atoms with Crippen molar-refractivity contribution < 1.29 is 24.2 Å². The highest BCUT2D eigenvalue weighted by atomic mass is 79.9. The fourth-order valence-electron chi connectivity index (χ4n) is 2.10. The molecule has 0 radical (unpaired) electrons. The van der Waals surface area contributed by atoms with E-state index >= 15 is 0 Å². The Balaban J connectivity index is 2.14. The van der Waals surface area contributed by atoms with E-state index in [1.807, 2.05) is 0 Å². The minimum Gasteiger partial charge on any atom is -0.480 e. The maximum Gasteiger partial charge on any atom is 0.326 e. The maximum absolute atomic E-state index is 12.3. The first-order chi connectivity index (χ1) is 11.9. The van der Waals surface area contributed by atoms with Gasteiger partial charge < -0.3 is 15.2 Å². The molecule has 25 heavy (non-hydrogen) atoms. The second-order valence-corrected chi connectivity index (χ2v) is 5.89. The summed E-state index contributed by atoms with van der Waals surface area (Å²) in [6, 6.07) is 8.21. The summed E-state index contributed by atoms with van der Waals surface area (Å²) in [5, 5.41) is 11.8. The Kier molecular flexibility index (Phi) is 6.24.